The summed E-state index contributed by atoms with van der Waals surface area (Å²) < 4.78 is 13.3. The van der Waals surface area contributed by atoms with Gasteiger partial charge in [0.05, 0.1) is 5.02 Å². The van der Waals surface area contributed by atoms with Crippen molar-refractivity contribution in [2.75, 3.05) is 13.1 Å². The van der Waals surface area contributed by atoms with Crippen LogP contribution in [-0.2, 0) is 6.54 Å². The van der Waals surface area contributed by atoms with Gasteiger partial charge in [-0.2, -0.15) is 0 Å². The smallest absolute Gasteiger partial charge is 0.141 e. The van der Waals surface area contributed by atoms with Crippen LogP contribution in [-0.4, -0.2) is 29.6 Å². The van der Waals surface area contributed by atoms with E-state index in [4.69, 9.17) is 11.6 Å². The van der Waals surface area contributed by atoms with Gasteiger partial charge in [0.25, 0.3) is 0 Å². The van der Waals surface area contributed by atoms with Crippen LogP contribution < -0.4 is 5.32 Å². The third-order valence-corrected chi connectivity index (χ3v) is 4.89. The maximum absolute atomic E-state index is 13.3. The van der Waals surface area contributed by atoms with Crippen molar-refractivity contribution in [1.82, 2.24) is 10.2 Å². The predicted octanol–water partition coefficient (Wildman–Crippen LogP) is 4.22. The van der Waals surface area contributed by atoms with Gasteiger partial charge in [0, 0.05) is 31.2 Å². The van der Waals surface area contributed by atoms with Gasteiger partial charge in [0.1, 0.15) is 5.82 Å². The second-order valence-electron chi connectivity index (χ2n) is 6.39. The van der Waals surface area contributed by atoms with E-state index in [9.17, 15) is 4.39 Å². The highest BCUT2D eigenvalue weighted by atomic mass is 35.5. The number of benzene rings is 1. The molecule has 1 aromatic carbocycles. The molecule has 2 nitrogen and oxygen atoms in total. The third-order valence-electron chi connectivity index (χ3n) is 4.60. The van der Waals surface area contributed by atoms with Crippen molar-refractivity contribution >= 4 is 11.6 Å². The molecule has 1 aliphatic heterocycles. The standard InChI is InChI=1S/C17H26ClFN2/c1-4-6-14-10-20-17(3,5-2)12-21(14)11-13-7-8-16(19)15(18)9-13/h7-9,14,20H,4-6,10-12H2,1-3H3. The van der Waals surface area contributed by atoms with E-state index < -0.39 is 0 Å². The van der Waals surface area contributed by atoms with E-state index in [0.717, 1.165) is 31.6 Å². The fraction of sp³-hybridized carbons (Fsp3) is 0.647. The minimum atomic E-state index is -0.343. The molecule has 118 valence electrons. The molecule has 0 amide bonds. The lowest BCUT2D eigenvalue weighted by Crippen LogP contribution is -2.62. The fourth-order valence-corrected chi connectivity index (χ4v) is 3.24. The molecule has 2 unspecified atom stereocenters. The van der Waals surface area contributed by atoms with E-state index in [2.05, 4.69) is 31.0 Å². The summed E-state index contributed by atoms with van der Waals surface area (Å²) in [5.41, 5.74) is 1.25. The Hall–Kier alpha value is -0.640. The van der Waals surface area contributed by atoms with Crippen molar-refractivity contribution in [2.24, 2.45) is 0 Å². The van der Waals surface area contributed by atoms with E-state index in [1.54, 1.807) is 6.07 Å². The van der Waals surface area contributed by atoms with E-state index in [1.165, 1.54) is 18.9 Å². The maximum Gasteiger partial charge on any atom is 0.141 e. The van der Waals surface area contributed by atoms with Crippen LogP contribution in [0.25, 0.3) is 0 Å². The van der Waals surface area contributed by atoms with Crippen LogP contribution >= 0.6 is 11.6 Å². The topological polar surface area (TPSA) is 15.3 Å². The van der Waals surface area contributed by atoms with Gasteiger partial charge in [-0.05, 0) is 37.5 Å². The highest BCUT2D eigenvalue weighted by Crippen LogP contribution is 2.24. The van der Waals surface area contributed by atoms with E-state index in [0.29, 0.717) is 6.04 Å². The van der Waals surface area contributed by atoms with Crippen molar-refractivity contribution in [3.8, 4) is 0 Å². The first-order valence-corrected chi connectivity index (χ1v) is 8.28. The van der Waals surface area contributed by atoms with Crippen molar-refractivity contribution in [1.29, 1.82) is 0 Å². The minimum Gasteiger partial charge on any atom is -0.309 e. The lowest BCUT2D eigenvalue weighted by atomic mass is 9.92. The molecule has 21 heavy (non-hydrogen) atoms. The molecule has 1 aromatic rings. The molecule has 1 fully saturated rings. The van der Waals surface area contributed by atoms with Gasteiger partial charge in [0.2, 0.25) is 0 Å². The van der Waals surface area contributed by atoms with E-state index in [-0.39, 0.29) is 16.4 Å². The summed E-state index contributed by atoms with van der Waals surface area (Å²) in [6.07, 6.45) is 3.46. The van der Waals surface area contributed by atoms with Gasteiger partial charge in [-0.25, -0.2) is 4.39 Å². The van der Waals surface area contributed by atoms with Crippen LogP contribution in [0.4, 0.5) is 4.39 Å². The molecular weight excluding hydrogens is 287 g/mol. The molecule has 0 radical (unpaired) electrons. The van der Waals surface area contributed by atoms with Crippen molar-refractivity contribution in [3.05, 3.63) is 34.6 Å². The quantitative estimate of drug-likeness (QED) is 0.875. The molecule has 1 N–H and O–H groups in total. The molecule has 0 aromatic heterocycles. The molecule has 0 aliphatic carbocycles. The minimum absolute atomic E-state index is 0.161. The largest absolute Gasteiger partial charge is 0.309 e. The molecular formula is C17H26ClFN2. The Morgan fingerprint density at radius 1 is 1.43 bits per heavy atom. The number of nitrogens with one attached hydrogen (secondary N) is 1. The molecule has 2 atom stereocenters. The predicted molar refractivity (Wildman–Crippen MR) is 87.2 cm³/mol. The Balaban J connectivity index is 2.13. The van der Waals surface area contributed by atoms with Crippen LogP contribution in [0.3, 0.4) is 0 Å². The number of piperazine rings is 1. The summed E-state index contributed by atoms with van der Waals surface area (Å²) in [6.45, 7) is 9.60. The normalized spacial score (nSPS) is 27.0. The van der Waals surface area contributed by atoms with Crippen LogP contribution in [0.15, 0.2) is 18.2 Å². The lowest BCUT2D eigenvalue weighted by molar-refractivity contribution is 0.0725. The molecule has 0 saturated carbocycles. The Morgan fingerprint density at radius 2 is 2.19 bits per heavy atom. The van der Waals surface area contributed by atoms with Gasteiger partial charge in [-0.1, -0.05) is 37.9 Å². The van der Waals surface area contributed by atoms with E-state index >= 15 is 0 Å². The first-order chi connectivity index (χ1) is 9.97. The SMILES string of the molecule is CCCC1CNC(C)(CC)CN1Cc1ccc(F)c(Cl)c1. The zero-order valence-electron chi connectivity index (χ0n) is 13.3. The molecule has 0 bridgehead atoms. The summed E-state index contributed by atoms with van der Waals surface area (Å²) in [7, 11) is 0. The highest BCUT2D eigenvalue weighted by molar-refractivity contribution is 6.30. The summed E-state index contributed by atoms with van der Waals surface area (Å²) in [6, 6.07) is 5.60. The second kappa shape index (κ2) is 7.08. The van der Waals surface area contributed by atoms with Crippen LogP contribution in [0, 0.1) is 5.82 Å². The van der Waals surface area contributed by atoms with Crippen molar-refractivity contribution in [2.45, 2.75) is 58.2 Å². The Labute approximate surface area is 132 Å². The van der Waals surface area contributed by atoms with Gasteiger partial charge in [-0.3, -0.25) is 4.90 Å². The van der Waals surface area contributed by atoms with Crippen molar-refractivity contribution in [3.63, 3.8) is 0 Å². The molecule has 0 spiro atoms. The zero-order chi connectivity index (χ0) is 15.5. The van der Waals surface area contributed by atoms with Gasteiger partial charge >= 0.3 is 0 Å². The monoisotopic (exact) mass is 312 g/mol. The first kappa shape index (κ1) is 16.7. The number of hydrogen-bond donors (Lipinski definition) is 1. The van der Waals surface area contributed by atoms with E-state index in [1.807, 2.05) is 6.07 Å². The third kappa shape index (κ3) is 4.18. The van der Waals surface area contributed by atoms with Gasteiger partial charge in [-0.15, -0.1) is 0 Å². The van der Waals surface area contributed by atoms with Crippen molar-refractivity contribution < 1.29 is 4.39 Å². The fourth-order valence-electron chi connectivity index (χ4n) is 3.04. The molecule has 1 saturated heterocycles. The zero-order valence-corrected chi connectivity index (χ0v) is 14.0. The Bertz CT molecular complexity index is 480. The second-order valence-corrected chi connectivity index (χ2v) is 6.80. The number of halogens is 2. The van der Waals surface area contributed by atoms with Gasteiger partial charge < -0.3 is 5.32 Å². The summed E-state index contributed by atoms with van der Waals surface area (Å²) in [5, 5.41) is 3.90. The summed E-state index contributed by atoms with van der Waals surface area (Å²) in [5.74, 6) is -0.343. The lowest BCUT2D eigenvalue weighted by Gasteiger charge is -2.46. The average molecular weight is 313 g/mol. The molecule has 4 heteroatoms. The Morgan fingerprint density at radius 3 is 2.81 bits per heavy atom. The molecule has 2 rings (SSSR count). The molecule has 1 heterocycles. The highest BCUT2D eigenvalue weighted by Gasteiger charge is 2.33. The average Bonchev–Trinajstić information content (AvgIpc) is 2.46. The van der Waals surface area contributed by atoms with Crippen LogP contribution in [0.2, 0.25) is 5.02 Å². The molecule has 1 aliphatic rings. The number of rotatable bonds is 5. The van der Waals surface area contributed by atoms with Crippen LogP contribution in [0.1, 0.15) is 45.6 Å². The first-order valence-electron chi connectivity index (χ1n) is 7.90. The Kier molecular flexibility index (Phi) is 5.64. The summed E-state index contributed by atoms with van der Waals surface area (Å²) >= 11 is 5.91. The van der Waals surface area contributed by atoms with Crippen LogP contribution in [0.5, 0.6) is 0 Å². The summed E-state index contributed by atoms with van der Waals surface area (Å²) in [4.78, 5) is 2.52. The number of hydrogen-bond acceptors (Lipinski definition) is 2. The number of nitrogens with zero attached hydrogens (tertiary/aromatic N) is 1. The van der Waals surface area contributed by atoms with Gasteiger partial charge in [0.15, 0.2) is 0 Å². The maximum atomic E-state index is 13.3.